The summed E-state index contributed by atoms with van der Waals surface area (Å²) < 4.78 is 0. The maximum atomic E-state index is 11.9. The van der Waals surface area contributed by atoms with Gasteiger partial charge in [-0.25, -0.2) is 9.97 Å². The average molecular weight is 188 g/mol. The third-order valence-corrected chi connectivity index (χ3v) is 3.55. The van der Waals surface area contributed by atoms with Crippen LogP contribution < -0.4 is 0 Å². The molecule has 0 bridgehead atoms. The predicted octanol–water partition coefficient (Wildman–Crippen LogP) is 1.71. The molecule has 0 N–H and O–H groups in total. The van der Waals surface area contributed by atoms with E-state index in [9.17, 15) is 4.79 Å². The number of carbonyl (C=O) groups excluding carboxylic acids is 1. The minimum Gasteiger partial charge on any atom is -0.294 e. The van der Waals surface area contributed by atoms with Crippen LogP contribution in [0.15, 0.2) is 18.7 Å². The van der Waals surface area contributed by atoms with Gasteiger partial charge in [0.1, 0.15) is 6.33 Å². The van der Waals surface area contributed by atoms with Crippen LogP contribution in [0.25, 0.3) is 0 Å². The molecule has 0 radical (unpaired) electrons. The second-order valence-corrected chi connectivity index (χ2v) is 4.28. The number of ketones is 1. The van der Waals surface area contributed by atoms with Crippen molar-refractivity contribution in [3.05, 3.63) is 24.3 Å². The van der Waals surface area contributed by atoms with Gasteiger partial charge in [-0.3, -0.25) is 4.79 Å². The smallest absolute Gasteiger partial charge is 0.169 e. The molecule has 1 heterocycles. The van der Waals surface area contributed by atoms with E-state index < -0.39 is 0 Å². The van der Waals surface area contributed by atoms with Crippen LogP contribution in [-0.2, 0) is 0 Å². The SMILES string of the molecule is O=C(c1cncnc1)C1C2CCCC21. The molecule has 2 saturated carbocycles. The van der Waals surface area contributed by atoms with Crippen LogP contribution in [0.3, 0.4) is 0 Å². The molecule has 2 aliphatic carbocycles. The van der Waals surface area contributed by atoms with Gasteiger partial charge in [-0.1, -0.05) is 6.42 Å². The molecular weight excluding hydrogens is 176 g/mol. The van der Waals surface area contributed by atoms with Gasteiger partial charge in [-0.2, -0.15) is 0 Å². The first-order chi connectivity index (χ1) is 6.88. The molecule has 2 fully saturated rings. The number of hydrogen-bond acceptors (Lipinski definition) is 3. The van der Waals surface area contributed by atoms with Gasteiger partial charge < -0.3 is 0 Å². The zero-order valence-electron chi connectivity index (χ0n) is 7.89. The number of fused-ring (bicyclic) bond motifs is 1. The molecule has 2 unspecified atom stereocenters. The molecule has 72 valence electrons. The summed E-state index contributed by atoms with van der Waals surface area (Å²) in [6.45, 7) is 0. The van der Waals surface area contributed by atoms with Gasteiger partial charge >= 0.3 is 0 Å². The summed E-state index contributed by atoms with van der Waals surface area (Å²) in [5.41, 5.74) is 0.687. The van der Waals surface area contributed by atoms with E-state index in [1.165, 1.54) is 25.6 Å². The second kappa shape index (κ2) is 2.87. The summed E-state index contributed by atoms with van der Waals surface area (Å²) in [7, 11) is 0. The zero-order valence-corrected chi connectivity index (χ0v) is 7.89. The molecule has 0 aromatic carbocycles. The van der Waals surface area contributed by atoms with E-state index in [2.05, 4.69) is 9.97 Å². The van der Waals surface area contributed by atoms with Crippen molar-refractivity contribution in [3.8, 4) is 0 Å². The molecule has 0 saturated heterocycles. The van der Waals surface area contributed by atoms with Crippen molar-refractivity contribution in [2.24, 2.45) is 17.8 Å². The largest absolute Gasteiger partial charge is 0.294 e. The van der Waals surface area contributed by atoms with Gasteiger partial charge in [0.05, 0.1) is 5.56 Å². The van der Waals surface area contributed by atoms with Crippen LogP contribution in [-0.4, -0.2) is 15.8 Å². The van der Waals surface area contributed by atoms with Gasteiger partial charge in [-0.15, -0.1) is 0 Å². The van der Waals surface area contributed by atoms with Crippen LogP contribution in [0, 0.1) is 17.8 Å². The number of aromatic nitrogens is 2. The van der Waals surface area contributed by atoms with Crippen LogP contribution >= 0.6 is 0 Å². The third kappa shape index (κ3) is 1.08. The number of rotatable bonds is 2. The quantitative estimate of drug-likeness (QED) is 0.663. The molecule has 0 aliphatic heterocycles. The fourth-order valence-corrected chi connectivity index (χ4v) is 2.83. The zero-order chi connectivity index (χ0) is 9.54. The standard InChI is InChI=1S/C11H12N2O/c14-11(7-4-12-6-13-5-7)10-8-2-1-3-9(8)10/h4-6,8-10H,1-3H2. The Labute approximate surface area is 82.6 Å². The maximum Gasteiger partial charge on any atom is 0.169 e. The molecule has 0 spiro atoms. The number of nitrogens with zero attached hydrogens (tertiary/aromatic N) is 2. The third-order valence-electron chi connectivity index (χ3n) is 3.55. The molecule has 0 amide bonds. The van der Waals surface area contributed by atoms with Crippen molar-refractivity contribution in [2.45, 2.75) is 19.3 Å². The lowest BCUT2D eigenvalue weighted by Crippen LogP contribution is -2.06. The fourth-order valence-electron chi connectivity index (χ4n) is 2.83. The highest BCUT2D eigenvalue weighted by atomic mass is 16.1. The Morgan fingerprint density at radius 3 is 2.50 bits per heavy atom. The Balaban J connectivity index is 1.79. The molecule has 2 atom stereocenters. The summed E-state index contributed by atoms with van der Waals surface area (Å²) in [5.74, 6) is 1.93. The lowest BCUT2D eigenvalue weighted by Gasteiger charge is -2.01. The van der Waals surface area contributed by atoms with Crippen molar-refractivity contribution in [2.75, 3.05) is 0 Å². The minimum absolute atomic E-state index is 0.264. The van der Waals surface area contributed by atoms with E-state index in [-0.39, 0.29) is 5.78 Å². The van der Waals surface area contributed by atoms with Crippen molar-refractivity contribution in [1.29, 1.82) is 0 Å². The Morgan fingerprint density at radius 2 is 1.86 bits per heavy atom. The maximum absolute atomic E-state index is 11.9. The number of Topliss-reactive ketones (excluding diaryl/α,β-unsaturated/α-hetero) is 1. The van der Waals surface area contributed by atoms with E-state index >= 15 is 0 Å². The number of carbonyl (C=O) groups is 1. The summed E-state index contributed by atoms with van der Waals surface area (Å²) in [6, 6.07) is 0. The van der Waals surface area contributed by atoms with Gasteiger partial charge in [0.25, 0.3) is 0 Å². The Bertz CT molecular complexity index is 353. The van der Waals surface area contributed by atoms with Crippen LogP contribution in [0.4, 0.5) is 0 Å². The van der Waals surface area contributed by atoms with Crippen molar-refractivity contribution in [1.82, 2.24) is 9.97 Å². The molecule has 2 aliphatic rings. The molecule has 3 nitrogen and oxygen atoms in total. The Hall–Kier alpha value is -1.25. The molecule has 1 aromatic heterocycles. The minimum atomic E-state index is 0.264. The van der Waals surface area contributed by atoms with E-state index in [0.717, 1.165) is 0 Å². The molecule has 14 heavy (non-hydrogen) atoms. The highest BCUT2D eigenvalue weighted by Gasteiger charge is 2.56. The van der Waals surface area contributed by atoms with Crippen LogP contribution in [0.2, 0.25) is 0 Å². The molecule has 3 heteroatoms. The monoisotopic (exact) mass is 188 g/mol. The predicted molar refractivity (Wildman–Crippen MR) is 50.7 cm³/mol. The highest BCUT2D eigenvalue weighted by molar-refractivity contribution is 5.99. The van der Waals surface area contributed by atoms with Crippen molar-refractivity contribution in [3.63, 3.8) is 0 Å². The topological polar surface area (TPSA) is 42.9 Å². The van der Waals surface area contributed by atoms with Gasteiger partial charge in [-0.05, 0) is 24.7 Å². The highest BCUT2D eigenvalue weighted by Crippen LogP contribution is 2.58. The van der Waals surface area contributed by atoms with E-state index in [0.29, 0.717) is 23.3 Å². The average Bonchev–Trinajstić information content (AvgIpc) is 2.72. The Kier molecular flexibility index (Phi) is 1.66. The molecule has 1 aromatic rings. The second-order valence-electron chi connectivity index (χ2n) is 4.28. The van der Waals surface area contributed by atoms with Crippen LogP contribution in [0.1, 0.15) is 29.6 Å². The van der Waals surface area contributed by atoms with E-state index in [1.807, 2.05) is 0 Å². The molecule has 3 rings (SSSR count). The summed E-state index contributed by atoms with van der Waals surface area (Å²) in [5, 5.41) is 0. The van der Waals surface area contributed by atoms with Crippen molar-refractivity contribution >= 4 is 5.78 Å². The van der Waals surface area contributed by atoms with Crippen LogP contribution in [0.5, 0.6) is 0 Å². The first-order valence-corrected chi connectivity index (χ1v) is 5.17. The summed E-state index contributed by atoms with van der Waals surface area (Å²) in [4.78, 5) is 19.7. The van der Waals surface area contributed by atoms with Gasteiger partial charge in [0.15, 0.2) is 5.78 Å². The van der Waals surface area contributed by atoms with E-state index in [4.69, 9.17) is 0 Å². The van der Waals surface area contributed by atoms with Gasteiger partial charge in [0, 0.05) is 18.3 Å². The molecular formula is C11H12N2O. The first kappa shape index (κ1) is 8.09. The lowest BCUT2D eigenvalue weighted by atomic mass is 10.0. The number of hydrogen-bond donors (Lipinski definition) is 0. The normalized spacial score (nSPS) is 33.9. The fraction of sp³-hybridized carbons (Fsp3) is 0.545. The Morgan fingerprint density at radius 1 is 1.21 bits per heavy atom. The first-order valence-electron chi connectivity index (χ1n) is 5.17. The lowest BCUT2D eigenvalue weighted by molar-refractivity contribution is 0.0951. The summed E-state index contributed by atoms with van der Waals surface area (Å²) >= 11 is 0. The summed E-state index contributed by atoms with van der Waals surface area (Å²) in [6.07, 6.45) is 8.52. The van der Waals surface area contributed by atoms with Gasteiger partial charge in [0.2, 0.25) is 0 Å². The van der Waals surface area contributed by atoms with E-state index in [1.54, 1.807) is 12.4 Å². The van der Waals surface area contributed by atoms with Crippen molar-refractivity contribution < 1.29 is 4.79 Å².